The number of aromatic amines is 1. The van der Waals surface area contributed by atoms with E-state index in [1.165, 1.54) is 0 Å². The van der Waals surface area contributed by atoms with Crippen molar-refractivity contribution in [1.29, 1.82) is 0 Å². The second-order valence-corrected chi connectivity index (χ2v) is 10.2. The maximum atomic E-state index is 13.0. The molecule has 1 aromatic heterocycles. The monoisotopic (exact) mass is 396 g/mol. The number of carbonyl (C=O) groups excluding carboxylic acids is 1. The van der Waals surface area contributed by atoms with Gasteiger partial charge in [-0.05, 0) is 55.5 Å². The average Bonchev–Trinajstić information content (AvgIpc) is 2.91. The van der Waals surface area contributed by atoms with Gasteiger partial charge in [0.05, 0.1) is 4.90 Å². The molecule has 0 spiro atoms. The Morgan fingerprint density at radius 3 is 2.39 bits per heavy atom. The van der Waals surface area contributed by atoms with Crippen molar-refractivity contribution in [3.63, 3.8) is 0 Å². The summed E-state index contributed by atoms with van der Waals surface area (Å²) in [6, 6.07) is 10.7. The fourth-order valence-corrected chi connectivity index (χ4v) is 5.33. The minimum absolute atomic E-state index is 0.0953. The molecule has 1 aliphatic rings. The highest BCUT2D eigenvalue weighted by Gasteiger charge is 2.34. The summed E-state index contributed by atoms with van der Waals surface area (Å²) in [6.45, 7) is 7.86. The number of rotatable bonds is 3. The van der Waals surface area contributed by atoms with Gasteiger partial charge in [-0.2, -0.15) is 0 Å². The number of fused-ring (bicyclic) bond motifs is 3. The van der Waals surface area contributed by atoms with Crippen LogP contribution in [0.1, 0.15) is 47.4 Å². The molecule has 6 heteroatoms. The number of H-pyrrole nitrogens is 1. The molecular weight excluding hydrogens is 372 g/mol. The van der Waals surface area contributed by atoms with Crippen molar-refractivity contribution in [2.24, 2.45) is 5.41 Å². The first-order valence-corrected chi connectivity index (χ1v) is 10.8. The predicted octanol–water partition coefficient (Wildman–Crippen LogP) is 4.74. The molecule has 3 aromatic rings. The van der Waals surface area contributed by atoms with Crippen LogP contribution >= 0.6 is 0 Å². The number of hydrogen-bond acceptors (Lipinski definition) is 3. The Balaban J connectivity index is 1.80. The molecule has 0 atom stereocenters. The van der Waals surface area contributed by atoms with Crippen LogP contribution in [-0.2, 0) is 16.4 Å². The number of sulfonamides is 1. The van der Waals surface area contributed by atoms with Gasteiger partial charge in [0.15, 0.2) is 5.78 Å². The molecular formula is C22H24N2O3S. The van der Waals surface area contributed by atoms with Crippen LogP contribution in [-0.4, -0.2) is 19.2 Å². The van der Waals surface area contributed by atoms with Gasteiger partial charge in [0.1, 0.15) is 0 Å². The van der Waals surface area contributed by atoms with Crippen LogP contribution in [0.15, 0.2) is 41.3 Å². The Labute approximate surface area is 165 Å². The van der Waals surface area contributed by atoms with Crippen molar-refractivity contribution < 1.29 is 13.2 Å². The first kappa shape index (κ1) is 18.7. The minimum Gasteiger partial charge on any atom is -0.358 e. The number of anilines is 1. The third-order valence-corrected chi connectivity index (χ3v) is 6.86. The van der Waals surface area contributed by atoms with E-state index in [2.05, 4.69) is 23.6 Å². The molecule has 0 bridgehead atoms. The highest BCUT2D eigenvalue weighted by Crippen LogP contribution is 2.39. The van der Waals surface area contributed by atoms with Gasteiger partial charge >= 0.3 is 0 Å². The summed E-state index contributed by atoms with van der Waals surface area (Å²) in [5.74, 6) is 0.116. The summed E-state index contributed by atoms with van der Waals surface area (Å²) in [5, 5.41) is 0.808. The van der Waals surface area contributed by atoms with Crippen LogP contribution in [0, 0.1) is 19.3 Å². The summed E-state index contributed by atoms with van der Waals surface area (Å²) in [7, 11) is -3.74. The number of aromatic nitrogens is 1. The smallest absolute Gasteiger partial charge is 0.262 e. The minimum atomic E-state index is -3.74. The molecule has 5 nitrogen and oxygen atoms in total. The van der Waals surface area contributed by atoms with Gasteiger partial charge in [-0.25, -0.2) is 8.42 Å². The maximum absolute atomic E-state index is 13.0. The van der Waals surface area contributed by atoms with Crippen molar-refractivity contribution in [2.45, 2.75) is 45.4 Å². The lowest BCUT2D eigenvalue weighted by atomic mass is 9.76. The van der Waals surface area contributed by atoms with Crippen molar-refractivity contribution >= 4 is 32.4 Å². The summed E-state index contributed by atoms with van der Waals surface area (Å²) < 4.78 is 28.6. The first-order valence-electron chi connectivity index (χ1n) is 9.34. The van der Waals surface area contributed by atoms with Gasteiger partial charge in [-0.15, -0.1) is 0 Å². The van der Waals surface area contributed by atoms with Gasteiger partial charge < -0.3 is 4.98 Å². The molecule has 2 aromatic carbocycles. The Morgan fingerprint density at radius 2 is 1.71 bits per heavy atom. The van der Waals surface area contributed by atoms with E-state index >= 15 is 0 Å². The van der Waals surface area contributed by atoms with E-state index < -0.39 is 10.0 Å². The van der Waals surface area contributed by atoms with E-state index in [4.69, 9.17) is 0 Å². The number of hydrogen-bond donors (Lipinski definition) is 2. The largest absolute Gasteiger partial charge is 0.358 e. The Bertz CT molecular complexity index is 1200. The molecule has 28 heavy (non-hydrogen) atoms. The summed E-state index contributed by atoms with van der Waals surface area (Å²) in [6.07, 6.45) is 1.27. The molecule has 1 heterocycles. The van der Waals surface area contributed by atoms with Gasteiger partial charge in [-0.3, -0.25) is 9.52 Å². The van der Waals surface area contributed by atoms with Crippen LogP contribution in [0.2, 0.25) is 0 Å². The molecule has 0 unspecified atom stereocenters. The summed E-state index contributed by atoms with van der Waals surface area (Å²) in [4.78, 5) is 16.2. The Hall–Kier alpha value is -2.60. The zero-order chi connectivity index (χ0) is 20.3. The van der Waals surface area contributed by atoms with Gasteiger partial charge in [0, 0.05) is 34.3 Å². The molecule has 2 N–H and O–H groups in total. The van der Waals surface area contributed by atoms with Gasteiger partial charge in [-0.1, -0.05) is 31.5 Å². The zero-order valence-electron chi connectivity index (χ0n) is 16.5. The van der Waals surface area contributed by atoms with E-state index in [9.17, 15) is 13.2 Å². The normalized spacial score (nSPS) is 16.2. The second-order valence-electron chi connectivity index (χ2n) is 8.55. The molecule has 0 saturated carbocycles. The third kappa shape index (κ3) is 3.22. The second kappa shape index (κ2) is 6.21. The fraction of sp³-hybridized carbons (Fsp3) is 0.318. The molecule has 1 aliphatic carbocycles. The van der Waals surface area contributed by atoms with Crippen LogP contribution in [0.25, 0.3) is 10.9 Å². The topological polar surface area (TPSA) is 79.0 Å². The van der Waals surface area contributed by atoms with E-state index in [0.717, 1.165) is 23.1 Å². The third-order valence-electron chi connectivity index (χ3n) is 5.34. The average molecular weight is 397 g/mol. The number of Topliss-reactive ketones (excluding diaryl/α,β-unsaturated/α-hetero) is 1. The summed E-state index contributed by atoms with van der Waals surface area (Å²) >= 11 is 0. The SMILES string of the molecule is Cc1ccc(NS(=O)(=O)c2cc3[nH]c4c(c3cc2C)C(=O)CC(C)(C)C4)cc1. The van der Waals surface area contributed by atoms with Crippen molar-refractivity contribution in [3.05, 3.63) is 58.8 Å². The molecule has 0 saturated heterocycles. The highest BCUT2D eigenvalue weighted by atomic mass is 32.2. The lowest BCUT2D eigenvalue weighted by molar-refractivity contribution is 0.0913. The van der Waals surface area contributed by atoms with Crippen LogP contribution in [0.4, 0.5) is 5.69 Å². The Kier molecular flexibility index (Phi) is 4.16. The maximum Gasteiger partial charge on any atom is 0.262 e. The van der Waals surface area contributed by atoms with Gasteiger partial charge in [0.25, 0.3) is 10.0 Å². The molecule has 0 fully saturated rings. The number of carbonyl (C=O) groups is 1. The highest BCUT2D eigenvalue weighted by molar-refractivity contribution is 7.92. The predicted molar refractivity (Wildman–Crippen MR) is 111 cm³/mol. The number of nitrogens with one attached hydrogen (secondary N) is 2. The zero-order valence-corrected chi connectivity index (χ0v) is 17.3. The first-order chi connectivity index (χ1) is 13.1. The van der Waals surface area contributed by atoms with Crippen LogP contribution in [0.5, 0.6) is 0 Å². The quantitative estimate of drug-likeness (QED) is 0.671. The van der Waals surface area contributed by atoms with Crippen molar-refractivity contribution in [1.82, 2.24) is 4.98 Å². The van der Waals surface area contributed by atoms with E-state index in [1.54, 1.807) is 25.1 Å². The van der Waals surface area contributed by atoms with Gasteiger partial charge in [0.2, 0.25) is 0 Å². The van der Waals surface area contributed by atoms with Crippen molar-refractivity contribution in [2.75, 3.05) is 4.72 Å². The lowest BCUT2D eigenvalue weighted by Crippen LogP contribution is -2.26. The summed E-state index contributed by atoms with van der Waals surface area (Å²) in [5.41, 5.74) is 4.40. The molecule has 0 aliphatic heterocycles. The number of benzene rings is 2. The number of aryl methyl sites for hydroxylation is 2. The fourth-order valence-electron chi connectivity index (χ4n) is 4.02. The van der Waals surface area contributed by atoms with E-state index in [0.29, 0.717) is 28.8 Å². The van der Waals surface area contributed by atoms with E-state index in [1.807, 2.05) is 25.1 Å². The standard InChI is InChI=1S/C22H24N2O3S/c1-13-5-7-15(8-6-13)24-28(26,27)20-10-17-16(9-14(20)2)21-18(23-17)11-22(3,4)12-19(21)25/h5-10,23-24H,11-12H2,1-4H3. The molecule has 146 valence electrons. The molecule has 0 amide bonds. The molecule has 0 radical (unpaired) electrons. The number of ketones is 1. The van der Waals surface area contributed by atoms with Crippen LogP contribution < -0.4 is 4.72 Å². The molecule has 4 rings (SSSR count). The van der Waals surface area contributed by atoms with Crippen LogP contribution in [0.3, 0.4) is 0 Å². The Morgan fingerprint density at radius 1 is 1.04 bits per heavy atom. The van der Waals surface area contributed by atoms with Crippen molar-refractivity contribution in [3.8, 4) is 0 Å². The lowest BCUT2D eigenvalue weighted by Gasteiger charge is -2.28. The van der Waals surface area contributed by atoms with E-state index in [-0.39, 0.29) is 16.1 Å².